The number of hydrogen-bond acceptors (Lipinski definition) is 2. The van der Waals surface area contributed by atoms with Crippen LogP contribution in [0.25, 0.3) is 0 Å². The Hall–Kier alpha value is -0.860. The van der Waals surface area contributed by atoms with Gasteiger partial charge >= 0.3 is 0 Å². The zero-order valence-electron chi connectivity index (χ0n) is 13.3. The van der Waals surface area contributed by atoms with Gasteiger partial charge in [0.15, 0.2) is 0 Å². The fourth-order valence-corrected chi connectivity index (χ4v) is 3.34. The van der Waals surface area contributed by atoms with Crippen molar-refractivity contribution in [3.8, 4) is 0 Å². The lowest BCUT2D eigenvalue weighted by Gasteiger charge is -2.33. The van der Waals surface area contributed by atoms with E-state index in [9.17, 15) is 0 Å². The highest BCUT2D eigenvalue weighted by atomic mass is 15.2. The van der Waals surface area contributed by atoms with Gasteiger partial charge in [0.05, 0.1) is 0 Å². The number of likely N-dealkylation sites (tertiary alicyclic amines) is 1. The monoisotopic (exact) mass is 274 g/mol. The quantitative estimate of drug-likeness (QED) is 0.896. The molecule has 0 bridgehead atoms. The van der Waals surface area contributed by atoms with E-state index >= 15 is 0 Å². The van der Waals surface area contributed by atoms with Crippen LogP contribution < -0.4 is 5.73 Å². The summed E-state index contributed by atoms with van der Waals surface area (Å²) in [5.74, 6) is 0.596. The van der Waals surface area contributed by atoms with E-state index < -0.39 is 0 Å². The van der Waals surface area contributed by atoms with Crippen LogP contribution in [0, 0.1) is 0 Å². The molecule has 0 aromatic heterocycles. The third-order valence-corrected chi connectivity index (χ3v) is 4.49. The van der Waals surface area contributed by atoms with Crippen molar-refractivity contribution in [1.29, 1.82) is 0 Å². The minimum absolute atomic E-state index is 0.272. The maximum atomic E-state index is 6.49. The van der Waals surface area contributed by atoms with Crippen LogP contribution in [0.4, 0.5) is 0 Å². The summed E-state index contributed by atoms with van der Waals surface area (Å²) in [4.78, 5) is 2.60. The second kappa shape index (κ2) is 7.24. The second-order valence-corrected chi connectivity index (χ2v) is 6.46. The van der Waals surface area contributed by atoms with Crippen molar-refractivity contribution in [1.82, 2.24) is 4.90 Å². The van der Waals surface area contributed by atoms with E-state index in [2.05, 4.69) is 49.9 Å². The summed E-state index contributed by atoms with van der Waals surface area (Å²) >= 11 is 0. The summed E-state index contributed by atoms with van der Waals surface area (Å²) in [6, 6.07) is 9.83. The van der Waals surface area contributed by atoms with Gasteiger partial charge in [-0.1, -0.05) is 51.5 Å². The lowest BCUT2D eigenvalue weighted by atomic mass is 9.93. The van der Waals surface area contributed by atoms with E-state index in [0.717, 1.165) is 13.0 Å². The Kier molecular flexibility index (Phi) is 5.62. The zero-order chi connectivity index (χ0) is 14.5. The SMILES string of the molecule is CCCN1CCCCC(N)C1c1ccc(C(C)C)cc1. The van der Waals surface area contributed by atoms with Gasteiger partial charge < -0.3 is 5.73 Å². The fourth-order valence-electron chi connectivity index (χ4n) is 3.34. The molecule has 112 valence electrons. The number of hydrogen-bond donors (Lipinski definition) is 1. The highest BCUT2D eigenvalue weighted by molar-refractivity contribution is 5.28. The normalized spacial score (nSPS) is 24.9. The maximum Gasteiger partial charge on any atom is 0.0499 e. The predicted molar refractivity (Wildman–Crippen MR) is 87.0 cm³/mol. The van der Waals surface area contributed by atoms with Crippen LogP contribution in [-0.2, 0) is 0 Å². The summed E-state index contributed by atoms with van der Waals surface area (Å²) in [7, 11) is 0. The van der Waals surface area contributed by atoms with Gasteiger partial charge in [0, 0.05) is 12.1 Å². The summed E-state index contributed by atoms with van der Waals surface area (Å²) < 4.78 is 0. The molecule has 0 amide bonds. The molecule has 2 atom stereocenters. The molecular formula is C18H30N2. The zero-order valence-corrected chi connectivity index (χ0v) is 13.3. The lowest BCUT2D eigenvalue weighted by Crippen LogP contribution is -2.40. The van der Waals surface area contributed by atoms with E-state index in [1.54, 1.807) is 0 Å². The smallest absolute Gasteiger partial charge is 0.0499 e. The van der Waals surface area contributed by atoms with E-state index in [0.29, 0.717) is 12.0 Å². The Balaban J connectivity index is 2.24. The number of nitrogens with zero attached hydrogens (tertiary/aromatic N) is 1. The molecule has 2 N–H and O–H groups in total. The van der Waals surface area contributed by atoms with Crippen LogP contribution in [-0.4, -0.2) is 24.0 Å². The average Bonchev–Trinajstić information content (AvgIpc) is 2.61. The minimum Gasteiger partial charge on any atom is -0.326 e. The number of nitrogens with two attached hydrogens (primary N) is 1. The minimum atomic E-state index is 0.272. The maximum absolute atomic E-state index is 6.49. The van der Waals surface area contributed by atoms with E-state index in [-0.39, 0.29) is 6.04 Å². The molecule has 1 saturated heterocycles. The van der Waals surface area contributed by atoms with Gasteiger partial charge in [0.25, 0.3) is 0 Å². The van der Waals surface area contributed by atoms with Crippen molar-refractivity contribution in [2.45, 2.75) is 64.5 Å². The summed E-state index contributed by atoms with van der Waals surface area (Å²) in [6.45, 7) is 9.10. The van der Waals surface area contributed by atoms with Gasteiger partial charge in [-0.05, 0) is 49.4 Å². The first-order valence-corrected chi connectivity index (χ1v) is 8.23. The summed E-state index contributed by atoms with van der Waals surface area (Å²) in [5, 5.41) is 0. The van der Waals surface area contributed by atoms with Gasteiger partial charge in [0.1, 0.15) is 0 Å². The fraction of sp³-hybridized carbons (Fsp3) is 0.667. The van der Waals surface area contributed by atoms with Crippen LogP contribution in [0.5, 0.6) is 0 Å². The molecule has 1 aliphatic rings. The molecule has 0 aliphatic carbocycles. The molecule has 20 heavy (non-hydrogen) atoms. The van der Waals surface area contributed by atoms with Gasteiger partial charge in [-0.3, -0.25) is 4.90 Å². The molecule has 1 fully saturated rings. The Morgan fingerprint density at radius 1 is 1.20 bits per heavy atom. The Bertz CT molecular complexity index is 396. The van der Waals surface area contributed by atoms with Crippen molar-refractivity contribution >= 4 is 0 Å². The van der Waals surface area contributed by atoms with E-state index in [1.165, 1.54) is 36.9 Å². The molecule has 1 aromatic rings. The molecule has 0 saturated carbocycles. The summed E-state index contributed by atoms with van der Waals surface area (Å²) in [6.07, 6.45) is 4.90. The van der Waals surface area contributed by atoms with Crippen molar-refractivity contribution in [3.63, 3.8) is 0 Å². The van der Waals surface area contributed by atoms with Gasteiger partial charge in [0.2, 0.25) is 0 Å². The Morgan fingerprint density at radius 3 is 2.50 bits per heavy atom. The van der Waals surface area contributed by atoms with Crippen LogP contribution in [0.3, 0.4) is 0 Å². The average molecular weight is 274 g/mol. The van der Waals surface area contributed by atoms with Crippen LogP contribution in [0.2, 0.25) is 0 Å². The molecule has 2 rings (SSSR count). The van der Waals surface area contributed by atoms with Gasteiger partial charge in [-0.2, -0.15) is 0 Å². The van der Waals surface area contributed by atoms with Crippen molar-refractivity contribution < 1.29 is 0 Å². The van der Waals surface area contributed by atoms with E-state index in [1.807, 2.05) is 0 Å². The van der Waals surface area contributed by atoms with Gasteiger partial charge in [-0.15, -0.1) is 0 Å². The van der Waals surface area contributed by atoms with Crippen LogP contribution in [0.1, 0.15) is 69.5 Å². The van der Waals surface area contributed by atoms with Crippen molar-refractivity contribution in [2.75, 3.05) is 13.1 Å². The van der Waals surface area contributed by atoms with E-state index in [4.69, 9.17) is 5.73 Å². The molecule has 0 spiro atoms. The topological polar surface area (TPSA) is 29.3 Å². The molecule has 0 radical (unpaired) electrons. The standard InChI is InChI=1S/C18H30N2/c1-4-12-20-13-6-5-7-17(19)18(20)16-10-8-15(9-11-16)14(2)3/h8-11,14,17-18H,4-7,12-13,19H2,1-3H3. The third-order valence-electron chi connectivity index (χ3n) is 4.49. The largest absolute Gasteiger partial charge is 0.326 e. The van der Waals surface area contributed by atoms with Crippen molar-refractivity contribution in [2.24, 2.45) is 5.73 Å². The highest BCUT2D eigenvalue weighted by Crippen LogP contribution is 2.30. The molecule has 1 aliphatic heterocycles. The molecule has 1 aromatic carbocycles. The molecule has 1 heterocycles. The number of rotatable bonds is 4. The third kappa shape index (κ3) is 3.62. The van der Waals surface area contributed by atoms with Crippen LogP contribution >= 0.6 is 0 Å². The van der Waals surface area contributed by atoms with Crippen LogP contribution in [0.15, 0.2) is 24.3 Å². The Labute approximate surface area is 124 Å². The Morgan fingerprint density at radius 2 is 1.90 bits per heavy atom. The highest BCUT2D eigenvalue weighted by Gasteiger charge is 2.28. The first-order chi connectivity index (χ1) is 9.63. The molecule has 2 heteroatoms. The molecular weight excluding hydrogens is 244 g/mol. The summed E-state index contributed by atoms with van der Waals surface area (Å²) in [5.41, 5.74) is 9.30. The first-order valence-electron chi connectivity index (χ1n) is 8.23. The first kappa shape index (κ1) is 15.5. The van der Waals surface area contributed by atoms with Crippen molar-refractivity contribution in [3.05, 3.63) is 35.4 Å². The predicted octanol–water partition coefficient (Wildman–Crippen LogP) is 4.07. The molecule has 2 unspecified atom stereocenters. The molecule has 2 nitrogen and oxygen atoms in total. The second-order valence-electron chi connectivity index (χ2n) is 6.46. The van der Waals surface area contributed by atoms with Gasteiger partial charge in [-0.25, -0.2) is 0 Å². The number of benzene rings is 1. The lowest BCUT2D eigenvalue weighted by molar-refractivity contribution is 0.186.